The molecule has 2 aliphatic rings. The molecule has 8 heteroatoms. The summed E-state index contributed by atoms with van der Waals surface area (Å²) < 4.78 is 43.3. The van der Waals surface area contributed by atoms with Gasteiger partial charge < -0.3 is 10.1 Å². The zero-order chi connectivity index (χ0) is 14.9. The molecule has 1 saturated heterocycles. The second-order valence-corrected chi connectivity index (χ2v) is 5.36. The van der Waals surface area contributed by atoms with Crippen LogP contribution in [0.25, 0.3) is 0 Å². The molecule has 0 aromatic carbocycles. The second kappa shape index (κ2) is 5.76. The van der Waals surface area contributed by atoms with Gasteiger partial charge in [0.05, 0.1) is 12.7 Å². The molecule has 1 aromatic rings. The summed E-state index contributed by atoms with van der Waals surface area (Å²) >= 11 is 0. The minimum absolute atomic E-state index is 0.0167. The van der Waals surface area contributed by atoms with Crippen molar-refractivity contribution in [3.05, 3.63) is 18.0 Å². The normalized spacial score (nSPS) is 24.0. The summed E-state index contributed by atoms with van der Waals surface area (Å²) in [5.74, 6) is -0.0167. The van der Waals surface area contributed by atoms with Gasteiger partial charge in [0.15, 0.2) is 0 Å². The van der Waals surface area contributed by atoms with Crippen LogP contribution in [0.4, 0.5) is 19.1 Å². The first-order chi connectivity index (χ1) is 10.0. The molecule has 3 rings (SSSR count). The Balaban J connectivity index is 1.54. The van der Waals surface area contributed by atoms with Gasteiger partial charge in [0.25, 0.3) is 0 Å². The van der Waals surface area contributed by atoms with Crippen LogP contribution in [0.2, 0.25) is 0 Å². The molecule has 1 aliphatic heterocycles. The number of ether oxygens (including phenoxy) is 1. The summed E-state index contributed by atoms with van der Waals surface area (Å²) in [6.45, 7) is 2.80. The van der Waals surface area contributed by atoms with E-state index in [0.717, 1.165) is 25.4 Å². The summed E-state index contributed by atoms with van der Waals surface area (Å²) in [6, 6.07) is 1.53. The number of rotatable bonds is 4. The van der Waals surface area contributed by atoms with Crippen LogP contribution in [0, 0.1) is 0 Å². The molecule has 0 spiro atoms. The Kier molecular flexibility index (Phi) is 3.99. The number of morpholine rings is 1. The van der Waals surface area contributed by atoms with E-state index in [1.54, 1.807) is 0 Å². The Morgan fingerprint density at radius 2 is 2.19 bits per heavy atom. The maximum absolute atomic E-state index is 12.6. The molecule has 116 valence electrons. The number of anilines is 1. The van der Waals surface area contributed by atoms with E-state index in [1.165, 1.54) is 12.8 Å². The third-order valence-corrected chi connectivity index (χ3v) is 3.67. The Morgan fingerprint density at radius 1 is 1.38 bits per heavy atom. The highest BCUT2D eigenvalue weighted by Gasteiger charge is 2.34. The topological polar surface area (TPSA) is 50.3 Å². The predicted octanol–water partition coefficient (Wildman–Crippen LogP) is 1.77. The van der Waals surface area contributed by atoms with Gasteiger partial charge in [-0.1, -0.05) is 0 Å². The van der Waals surface area contributed by atoms with Crippen LogP contribution in [0.1, 0.15) is 18.5 Å². The zero-order valence-electron chi connectivity index (χ0n) is 11.4. The van der Waals surface area contributed by atoms with E-state index in [9.17, 15) is 13.2 Å². The largest absolute Gasteiger partial charge is 0.433 e. The highest BCUT2D eigenvalue weighted by molar-refractivity contribution is 5.26. The first kappa shape index (κ1) is 14.5. The van der Waals surface area contributed by atoms with Gasteiger partial charge in [-0.15, -0.1) is 0 Å². The summed E-state index contributed by atoms with van der Waals surface area (Å²) in [5.41, 5.74) is -0.941. The van der Waals surface area contributed by atoms with Crippen molar-refractivity contribution in [2.24, 2.45) is 0 Å². The number of nitrogens with one attached hydrogen (secondary N) is 1. The van der Waals surface area contributed by atoms with Crippen molar-refractivity contribution in [2.75, 3.05) is 31.6 Å². The maximum atomic E-state index is 12.6. The SMILES string of the molecule is FC(F)(F)c1ccnc(NC[C@H]2CN(C3CC3)CCO2)n1. The highest BCUT2D eigenvalue weighted by atomic mass is 19.4. The second-order valence-electron chi connectivity index (χ2n) is 5.36. The highest BCUT2D eigenvalue weighted by Crippen LogP contribution is 2.29. The molecular formula is C13H17F3N4O. The Bertz CT molecular complexity index is 493. The maximum Gasteiger partial charge on any atom is 0.433 e. The Morgan fingerprint density at radius 3 is 2.90 bits per heavy atom. The van der Waals surface area contributed by atoms with E-state index in [-0.39, 0.29) is 12.1 Å². The van der Waals surface area contributed by atoms with Gasteiger partial charge in [-0.25, -0.2) is 9.97 Å². The summed E-state index contributed by atoms with van der Waals surface area (Å²) in [4.78, 5) is 9.67. The first-order valence-electron chi connectivity index (χ1n) is 7.02. The van der Waals surface area contributed by atoms with Gasteiger partial charge in [0.1, 0.15) is 5.69 Å². The van der Waals surface area contributed by atoms with Gasteiger partial charge in [-0.3, -0.25) is 4.90 Å². The molecular weight excluding hydrogens is 285 g/mol. The Labute approximate surface area is 120 Å². The van der Waals surface area contributed by atoms with Crippen molar-refractivity contribution >= 4 is 5.95 Å². The third kappa shape index (κ3) is 3.82. The Hall–Kier alpha value is -1.41. The van der Waals surface area contributed by atoms with Crippen molar-refractivity contribution < 1.29 is 17.9 Å². The van der Waals surface area contributed by atoms with Crippen molar-refractivity contribution in [1.29, 1.82) is 0 Å². The molecule has 1 saturated carbocycles. The van der Waals surface area contributed by atoms with Crippen molar-refractivity contribution in [2.45, 2.75) is 31.2 Å². The number of halogens is 3. The van der Waals surface area contributed by atoms with Crippen LogP contribution in [0.5, 0.6) is 0 Å². The standard InChI is InChI=1S/C13H17F3N4O/c14-13(15,16)11-3-4-17-12(19-11)18-7-10-8-20(5-6-21-10)9-1-2-9/h3-4,9-10H,1-2,5-8H2,(H,17,18,19)/t10-/m0/s1. The van der Waals surface area contributed by atoms with E-state index < -0.39 is 11.9 Å². The van der Waals surface area contributed by atoms with Crippen LogP contribution >= 0.6 is 0 Å². The molecule has 1 aliphatic carbocycles. The van der Waals surface area contributed by atoms with Gasteiger partial charge >= 0.3 is 6.18 Å². The van der Waals surface area contributed by atoms with Gasteiger partial charge in [0.2, 0.25) is 5.95 Å². The minimum atomic E-state index is -4.45. The predicted molar refractivity (Wildman–Crippen MR) is 69.9 cm³/mol. The number of hydrogen-bond donors (Lipinski definition) is 1. The summed E-state index contributed by atoms with van der Waals surface area (Å²) in [6.07, 6.45) is -0.925. The monoisotopic (exact) mass is 302 g/mol. The zero-order valence-corrected chi connectivity index (χ0v) is 11.4. The van der Waals surface area contributed by atoms with E-state index in [4.69, 9.17) is 4.74 Å². The molecule has 2 heterocycles. The fourth-order valence-corrected chi connectivity index (χ4v) is 2.44. The van der Waals surface area contributed by atoms with Crippen molar-refractivity contribution in [3.8, 4) is 0 Å². The number of alkyl halides is 3. The lowest BCUT2D eigenvalue weighted by Gasteiger charge is -2.33. The smallest absolute Gasteiger partial charge is 0.374 e. The van der Waals surface area contributed by atoms with E-state index >= 15 is 0 Å². The van der Waals surface area contributed by atoms with Crippen LogP contribution in [0.15, 0.2) is 12.3 Å². The van der Waals surface area contributed by atoms with Crippen LogP contribution in [-0.2, 0) is 10.9 Å². The van der Waals surface area contributed by atoms with Crippen LogP contribution in [0.3, 0.4) is 0 Å². The van der Waals surface area contributed by atoms with Gasteiger partial charge in [-0.05, 0) is 18.9 Å². The van der Waals surface area contributed by atoms with Gasteiger partial charge in [0, 0.05) is 31.9 Å². The van der Waals surface area contributed by atoms with Crippen LogP contribution in [-0.4, -0.2) is 53.3 Å². The molecule has 2 fully saturated rings. The van der Waals surface area contributed by atoms with E-state index in [1.807, 2.05) is 0 Å². The summed E-state index contributed by atoms with van der Waals surface area (Å²) in [5, 5.41) is 2.83. The van der Waals surface area contributed by atoms with Crippen molar-refractivity contribution in [3.63, 3.8) is 0 Å². The molecule has 0 amide bonds. The number of aromatic nitrogens is 2. The lowest BCUT2D eigenvalue weighted by molar-refractivity contribution is -0.141. The average Bonchev–Trinajstić information content (AvgIpc) is 3.30. The molecule has 1 atom stereocenters. The average molecular weight is 302 g/mol. The molecule has 0 unspecified atom stereocenters. The molecule has 1 N–H and O–H groups in total. The first-order valence-corrected chi connectivity index (χ1v) is 7.02. The quantitative estimate of drug-likeness (QED) is 0.918. The lowest BCUT2D eigenvalue weighted by Crippen LogP contribution is -2.46. The molecule has 0 radical (unpaired) electrons. The summed E-state index contributed by atoms with van der Waals surface area (Å²) in [7, 11) is 0. The third-order valence-electron chi connectivity index (χ3n) is 3.67. The molecule has 21 heavy (non-hydrogen) atoms. The fourth-order valence-electron chi connectivity index (χ4n) is 2.44. The lowest BCUT2D eigenvalue weighted by atomic mass is 10.2. The van der Waals surface area contributed by atoms with Crippen molar-refractivity contribution in [1.82, 2.24) is 14.9 Å². The molecule has 5 nitrogen and oxygen atoms in total. The van der Waals surface area contributed by atoms with E-state index in [2.05, 4.69) is 20.2 Å². The van der Waals surface area contributed by atoms with Crippen LogP contribution < -0.4 is 5.32 Å². The van der Waals surface area contributed by atoms with E-state index in [0.29, 0.717) is 19.2 Å². The molecule has 0 bridgehead atoms. The molecule has 1 aromatic heterocycles. The van der Waals surface area contributed by atoms with Gasteiger partial charge in [-0.2, -0.15) is 13.2 Å². The minimum Gasteiger partial charge on any atom is -0.374 e. The number of nitrogens with zero attached hydrogens (tertiary/aromatic N) is 3. The number of hydrogen-bond acceptors (Lipinski definition) is 5. The fraction of sp³-hybridized carbons (Fsp3) is 0.692.